The molecule has 1 fully saturated rings. The molecule has 2 aromatic carbocycles. The molecule has 4 aromatic rings. The van der Waals surface area contributed by atoms with Crippen LogP contribution in [0.3, 0.4) is 0 Å². The van der Waals surface area contributed by atoms with E-state index in [0.717, 1.165) is 47.0 Å². The van der Waals surface area contributed by atoms with Crippen LogP contribution >= 0.6 is 11.6 Å². The third-order valence-corrected chi connectivity index (χ3v) is 6.58. The van der Waals surface area contributed by atoms with Crippen LogP contribution in [-0.2, 0) is 11.3 Å². The highest BCUT2D eigenvalue weighted by Gasteiger charge is 2.21. The minimum Gasteiger partial charge on any atom is -0.342 e. The number of nitriles is 1. The first-order chi connectivity index (χ1) is 16.6. The van der Waals surface area contributed by atoms with Gasteiger partial charge in [0.15, 0.2) is 0 Å². The minimum absolute atomic E-state index is 0.0289. The fraction of sp³-hybridized carbons (Fsp3) is 0.222. The summed E-state index contributed by atoms with van der Waals surface area (Å²) in [7, 11) is 0. The number of hydrogen-bond acceptors (Lipinski definition) is 4. The van der Waals surface area contributed by atoms with Crippen LogP contribution < -0.4 is 10.6 Å². The number of hydrogen-bond donors (Lipinski definition) is 2. The normalized spacial score (nSPS) is 15.7. The summed E-state index contributed by atoms with van der Waals surface area (Å²) in [4.78, 5) is 17.0. The van der Waals surface area contributed by atoms with Gasteiger partial charge >= 0.3 is 0 Å². The van der Waals surface area contributed by atoms with Crippen LogP contribution in [0.15, 0.2) is 67.0 Å². The summed E-state index contributed by atoms with van der Waals surface area (Å²) in [6, 6.07) is 20.2. The van der Waals surface area contributed by atoms with Crippen molar-refractivity contribution in [1.82, 2.24) is 14.9 Å². The summed E-state index contributed by atoms with van der Waals surface area (Å²) >= 11 is 6.52. The monoisotopic (exact) mass is 469 g/mol. The fourth-order valence-corrected chi connectivity index (χ4v) is 4.70. The predicted molar refractivity (Wildman–Crippen MR) is 135 cm³/mol. The molecule has 6 nitrogen and oxygen atoms in total. The molecule has 0 aliphatic carbocycles. The molecule has 0 saturated carbocycles. The molecule has 2 aromatic heterocycles. The lowest BCUT2D eigenvalue weighted by Crippen LogP contribution is -2.37. The van der Waals surface area contributed by atoms with Crippen LogP contribution in [0.2, 0.25) is 5.02 Å². The van der Waals surface area contributed by atoms with E-state index in [1.165, 1.54) is 0 Å². The molecule has 34 heavy (non-hydrogen) atoms. The lowest BCUT2D eigenvalue weighted by atomic mass is 9.99. The molecule has 2 N–H and O–H groups in total. The Bertz CT molecular complexity index is 1380. The number of nitrogens with zero attached hydrogens (tertiary/aromatic N) is 3. The second-order valence-electron chi connectivity index (χ2n) is 8.58. The maximum Gasteiger partial charge on any atom is 0.229 e. The highest BCUT2D eigenvalue weighted by Crippen LogP contribution is 2.33. The Kier molecular flexibility index (Phi) is 6.31. The highest BCUT2D eigenvalue weighted by molar-refractivity contribution is 6.33. The number of rotatable bonds is 5. The van der Waals surface area contributed by atoms with E-state index < -0.39 is 0 Å². The van der Waals surface area contributed by atoms with E-state index in [1.807, 2.05) is 48.7 Å². The number of amides is 1. The minimum atomic E-state index is -0.0586. The number of anilines is 1. The number of benzene rings is 2. The largest absolute Gasteiger partial charge is 0.342 e. The molecule has 1 aliphatic rings. The Morgan fingerprint density at radius 3 is 2.85 bits per heavy atom. The number of nitrogens with one attached hydrogen (secondary N) is 2. The number of carbonyl (C=O) groups excluding carboxylic acids is 1. The van der Waals surface area contributed by atoms with Gasteiger partial charge in [-0.05, 0) is 42.6 Å². The molecule has 170 valence electrons. The second-order valence-corrected chi connectivity index (χ2v) is 8.99. The van der Waals surface area contributed by atoms with Crippen molar-refractivity contribution in [3.05, 3.63) is 83.1 Å². The van der Waals surface area contributed by atoms with E-state index in [-0.39, 0.29) is 11.8 Å². The van der Waals surface area contributed by atoms with Crippen LogP contribution in [0, 0.1) is 17.2 Å². The maximum absolute atomic E-state index is 12.7. The molecule has 0 bridgehead atoms. The van der Waals surface area contributed by atoms with E-state index in [4.69, 9.17) is 11.6 Å². The smallest absolute Gasteiger partial charge is 0.229 e. The molecule has 1 amide bonds. The molecule has 1 saturated heterocycles. The zero-order chi connectivity index (χ0) is 23.5. The standard InChI is InChI=1S/C27H24ClN5O/c28-24-15-31-26(32-27(34)20-7-4-10-30-14-20)12-23(24)19-8-9-22-21(13-29)17-33(25(22)11-19)16-18-5-2-1-3-6-18/h1-3,5-6,8-9,11-12,15,17,20,30H,4,7,10,14,16H2,(H,31,32,34). The first-order valence-electron chi connectivity index (χ1n) is 11.4. The first-order valence-corrected chi connectivity index (χ1v) is 11.7. The van der Waals surface area contributed by atoms with Gasteiger partial charge in [0.1, 0.15) is 11.9 Å². The van der Waals surface area contributed by atoms with Gasteiger partial charge in [-0.3, -0.25) is 4.79 Å². The van der Waals surface area contributed by atoms with Crippen molar-refractivity contribution in [2.24, 2.45) is 5.92 Å². The molecule has 3 heterocycles. The van der Waals surface area contributed by atoms with E-state index in [0.29, 0.717) is 29.5 Å². The highest BCUT2D eigenvalue weighted by atomic mass is 35.5. The van der Waals surface area contributed by atoms with Crippen LogP contribution in [0.1, 0.15) is 24.0 Å². The van der Waals surface area contributed by atoms with Crippen molar-refractivity contribution < 1.29 is 4.79 Å². The van der Waals surface area contributed by atoms with E-state index in [1.54, 1.807) is 6.20 Å². The van der Waals surface area contributed by atoms with Crippen molar-refractivity contribution in [1.29, 1.82) is 5.26 Å². The number of carbonyl (C=O) groups is 1. The van der Waals surface area contributed by atoms with Gasteiger partial charge in [0.25, 0.3) is 0 Å². The maximum atomic E-state index is 12.7. The summed E-state index contributed by atoms with van der Waals surface area (Å²) in [5.41, 5.74) is 4.41. The molecule has 5 rings (SSSR count). The Labute approximate surface area is 203 Å². The van der Waals surface area contributed by atoms with Crippen molar-refractivity contribution in [3.63, 3.8) is 0 Å². The zero-order valence-corrected chi connectivity index (χ0v) is 19.3. The van der Waals surface area contributed by atoms with Gasteiger partial charge in [-0.15, -0.1) is 0 Å². The zero-order valence-electron chi connectivity index (χ0n) is 18.6. The van der Waals surface area contributed by atoms with Crippen LogP contribution in [0.4, 0.5) is 5.82 Å². The number of fused-ring (bicyclic) bond motifs is 1. The summed E-state index contributed by atoms with van der Waals surface area (Å²) in [6.07, 6.45) is 5.32. The molecular weight excluding hydrogens is 446 g/mol. The molecule has 0 spiro atoms. The quantitative estimate of drug-likeness (QED) is 0.420. The van der Waals surface area contributed by atoms with Gasteiger partial charge in [-0.1, -0.05) is 54.1 Å². The van der Waals surface area contributed by atoms with Crippen molar-refractivity contribution in [3.8, 4) is 17.2 Å². The van der Waals surface area contributed by atoms with Gasteiger partial charge in [0.2, 0.25) is 5.91 Å². The van der Waals surface area contributed by atoms with Crippen LogP contribution in [-0.4, -0.2) is 28.5 Å². The number of halogens is 1. The summed E-state index contributed by atoms with van der Waals surface area (Å²) in [6.45, 7) is 2.29. The molecule has 1 aliphatic heterocycles. The molecule has 1 atom stereocenters. The lowest BCUT2D eigenvalue weighted by Gasteiger charge is -2.21. The van der Waals surface area contributed by atoms with Gasteiger partial charge in [-0.25, -0.2) is 4.98 Å². The van der Waals surface area contributed by atoms with Crippen LogP contribution in [0.25, 0.3) is 22.0 Å². The van der Waals surface area contributed by atoms with Gasteiger partial charge in [0.05, 0.1) is 22.0 Å². The average Bonchev–Trinajstić information content (AvgIpc) is 3.23. The van der Waals surface area contributed by atoms with E-state index >= 15 is 0 Å². The van der Waals surface area contributed by atoms with Crippen molar-refractivity contribution >= 4 is 34.2 Å². The van der Waals surface area contributed by atoms with Gasteiger partial charge in [-0.2, -0.15) is 5.26 Å². The molecule has 0 radical (unpaired) electrons. The number of aromatic nitrogens is 2. The van der Waals surface area contributed by atoms with E-state index in [9.17, 15) is 10.1 Å². The Hall–Kier alpha value is -3.66. The van der Waals surface area contributed by atoms with Gasteiger partial charge < -0.3 is 15.2 Å². The second kappa shape index (κ2) is 9.68. The predicted octanol–water partition coefficient (Wildman–Crippen LogP) is 5.21. The van der Waals surface area contributed by atoms with Crippen molar-refractivity contribution in [2.45, 2.75) is 19.4 Å². The molecule has 1 unspecified atom stereocenters. The summed E-state index contributed by atoms with van der Waals surface area (Å²) in [5.74, 6) is 0.392. The fourth-order valence-electron chi connectivity index (χ4n) is 4.49. The van der Waals surface area contributed by atoms with Crippen LogP contribution in [0.5, 0.6) is 0 Å². The molecular formula is C27H24ClN5O. The van der Waals surface area contributed by atoms with E-state index in [2.05, 4.69) is 38.4 Å². The third-order valence-electron chi connectivity index (χ3n) is 6.28. The SMILES string of the molecule is N#Cc1cn(Cc2ccccc2)c2cc(-c3cc(NC(=O)C4CCCNC4)ncc3Cl)ccc12. The number of pyridine rings is 1. The average molecular weight is 470 g/mol. The lowest BCUT2D eigenvalue weighted by molar-refractivity contribution is -0.120. The topological polar surface area (TPSA) is 82.7 Å². The summed E-state index contributed by atoms with van der Waals surface area (Å²) in [5, 5.41) is 17.2. The molecule has 7 heteroatoms. The first kappa shape index (κ1) is 22.1. The Morgan fingerprint density at radius 2 is 2.09 bits per heavy atom. The van der Waals surface area contributed by atoms with Crippen molar-refractivity contribution in [2.75, 3.05) is 18.4 Å². The summed E-state index contributed by atoms with van der Waals surface area (Å²) < 4.78 is 2.08. The Morgan fingerprint density at radius 1 is 1.24 bits per heavy atom. The number of piperidine rings is 1. The third kappa shape index (κ3) is 4.54. The Balaban J connectivity index is 1.49. The van der Waals surface area contributed by atoms with Gasteiger partial charge in [0, 0.05) is 36.4 Å².